The zero-order valence-electron chi connectivity index (χ0n) is 9.60. The quantitative estimate of drug-likeness (QED) is 0.722. The summed E-state index contributed by atoms with van der Waals surface area (Å²) in [6.07, 6.45) is 0. The molecule has 0 saturated carbocycles. The van der Waals surface area contributed by atoms with Crippen LogP contribution in [0, 0.1) is 5.92 Å². The number of hydrogen-bond acceptors (Lipinski definition) is 3. The van der Waals surface area contributed by atoms with E-state index in [-0.39, 0.29) is 18.6 Å². The summed E-state index contributed by atoms with van der Waals surface area (Å²) in [4.78, 5) is 23.9. The minimum atomic E-state index is -0.907. The van der Waals surface area contributed by atoms with E-state index in [2.05, 4.69) is 5.32 Å². The number of amides is 2. The summed E-state index contributed by atoms with van der Waals surface area (Å²) >= 11 is 0. The number of aliphatic carboxylic acids is 1. The standard InChI is InChI=1S/C10H18N2O4/c1-7(9(13)14)5-11-10(15)12-3-4-16-6-8(12)2/h7-8H,3-6H2,1-2H3,(H,11,15)(H,13,14). The third kappa shape index (κ3) is 3.37. The van der Waals surface area contributed by atoms with Crippen molar-refractivity contribution in [1.82, 2.24) is 10.2 Å². The summed E-state index contributed by atoms with van der Waals surface area (Å²) in [5.74, 6) is -1.48. The Morgan fingerprint density at radius 3 is 2.88 bits per heavy atom. The van der Waals surface area contributed by atoms with Crippen LogP contribution in [-0.2, 0) is 9.53 Å². The van der Waals surface area contributed by atoms with Gasteiger partial charge in [0, 0.05) is 13.1 Å². The van der Waals surface area contributed by atoms with Crippen molar-refractivity contribution in [2.24, 2.45) is 5.92 Å². The highest BCUT2D eigenvalue weighted by Crippen LogP contribution is 2.06. The van der Waals surface area contributed by atoms with Crippen LogP contribution in [0.15, 0.2) is 0 Å². The van der Waals surface area contributed by atoms with E-state index in [0.29, 0.717) is 19.8 Å². The molecule has 1 fully saturated rings. The van der Waals surface area contributed by atoms with Gasteiger partial charge in [-0.1, -0.05) is 6.92 Å². The fourth-order valence-corrected chi connectivity index (χ4v) is 1.46. The molecule has 2 amide bonds. The second-order valence-corrected chi connectivity index (χ2v) is 4.04. The van der Waals surface area contributed by atoms with Crippen LogP contribution in [0.2, 0.25) is 0 Å². The molecule has 6 heteroatoms. The van der Waals surface area contributed by atoms with Gasteiger partial charge in [0.05, 0.1) is 25.2 Å². The molecule has 16 heavy (non-hydrogen) atoms. The molecule has 2 N–H and O–H groups in total. The minimum Gasteiger partial charge on any atom is -0.481 e. The molecule has 1 saturated heterocycles. The first-order valence-corrected chi connectivity index (χ1v) is 5.37. The fraction of sp³-hybridized carbons (Fsp3) is 0.800. The van der Waals surface area contributed by atoms with Gasteiger partial charge in [-0.25, -0.2) is 4.79 Å². The highest BCUT2D eigenvalue weighted by Gasteiger charge is 2.24. The van der Waals surface area contributed by atoms with Gasteiger partial charge in [-0.3, -0.25) is 4.79 Å². The van der Waals surface area contributed by atoms with E-state index in [0.717, 1.165) is 0 Å². The third-order valence-corrected chi connectivity index (χ3v) is 2.61. The number of nitrogens with one attached hydrogen (secondary N) is 1. The highest BCUT2D eigenvalue weighted by molar-refractivity contribution is 5.76. The Morgan fingerprint density at radius 2 is 2.31 bits per heavy atom. The zero-order valence-corrected chi connectivity index (χ0v) is 9.60. The SMILES string of the molecule is CC(CNC(=O)N1CCOCC1C)C(=O)O. The molecule has 0 aromatic heterocycles. The molecule has 2 unspecified atom stereocenters. The first-order chi connectivity index (χ1) is 7.52. The second-order valence-electron chi connectivity index (χ2n) is 4.04. The van der Waals surface area contributed by atoms with Crippen molar-refractivity contribution in [3.63, 3.8) is 0 Å². The van der Waals surface area contributed by atoms with Crippen LogP contribution in [0.1, 0.15) is 13.8 Å². The monoisotopic (exact) mass is 230 g/mol. The van der Waals surface area contributed by atoms with E-state index in [4.69, 9.17) is 9.84 Å². The van der Waals surface area contributed by atoms with Crippen LogP contribution in [0.4, 0.5) is 4.79 Å². The zero-order chi connectivity index (χ0) is 12.1. The molecule has 92 valence electrons. The molecule has 1 heterocycles. The van der Waals surface area contributed by atoms with E-state index in [1.54, 1.807) is 11.8 Å². The number of carboxylic acid groups (broad SMARTS) is 1. The molecule has 0 spiro atoms. The maximum atomic E-state index is 11.7. The van der Waals surface area contributed by atoms with Gasteiger partial charge >= 0.3 is 12.0 Å². The lowest BCUT2D eigenvalue weighted by atomic mass is 10.2. The molecule has 0 bridgehead atoms. The summed E-state index contributed by atoms with van der Waals surface area (Å²) in [5.41, 5.74) is 0. The largest absolute Gasteiger partial charge is 0.481 e. The molecule has 2 atom stereocenters. The number of carboxylic acids is 1. The van der Waals surface area contributed by atoms with Crippen LogP contribution >= 0.6 is 0 Å². The number of carbonyl (C=O) groups excluding carboxylic acids is 1. The summed E-state index contributed by atoms with van der Waals surface area (Å²) in [6, 6.07) is -0.183. The lowest BCUT2D eigenvalue weighted by Crippen LogP contribution is -2.52. The van der Waals surface area contributed by atoms with Crippen LogP contribution in [0.3, 0.4) is 0 Å². The molecule has 1 rings (SSSR count). The highest BCUT2D eigenvalue weighted by atomic mass is 16.5. The van der Waals surface area contributed by atoms with Gasteiger partial charge in [0.25, 0.3) is 0 Å². The number of rotatable bonds is 3. The first kappa shape index (κ1) is 12.8. The Morgan fingerprint density at radius 1 is 1.62 bits per heavy atom. The van der Waals surface area contributed by atoms with Gasteiger partial charge in [0.15, 0.2) is 0 Å². The lowest BCUT2D eigenvalue weighted by molar-refractivity contribution is -0.140. The number of urea groups is 1. The van der Waals surface area contributed by atoms with Gasteiger partial charge in [0.2, 0.25) is 0 Å². The molecule has 6 nitrogen and oxygen atoms in total. The van der Waals surface area contributed by atoms with E-state index in [9.17, 15) is 9.59 Å². The number of ether oxygens (including phenoxy) is 1. The topological polar surface area (TPSA) is 78.9 Å². The van der Waals surface area contributed by atoms with Crippen LogP contribution in [0.25, 0.3) is 0 Å². The molecule has 1 aliphatic heterocycles. The van der Waals surface area contributed by atoms with Crippen LogP contribution < -0.4 is 5.32 Å². The van der Waals surface area contributed by atoms with Crippen LogP contribution in [0.5, 0.6) is 0 Å². The van der Waals surface area contributed by atoms with E-state index < -0.39 is 11.9 Å². The van der Waals surface area contributed by atoms with Crippen molar-refractivity contribution in [1.29, 1.82) is 0 Å². The molecule has 1 aliphatic rings. The normalized spacial score (nSPS) is 22.6. The average Bonchev–Trinajstić information content (AvgIpc) is 2.25. The van der Waals surface area contributed by atoms with Crippen molar-refractivity contribution in [2.45, 2.75) is 19.9 Å². The number of carbonyl (C=O) groups is 2. The predicted molar refractivity (Wildman–Crippen MR) is 57.2 cm³/mol. The number of morpholine rings is 1. The molecular weight excluding hydrogens is 212 g/mol. The van der Waals surface area contributed by atoms with Crippen LogP contribution in [-0.4, -0.2) is 54.4 Å². The molecule has 0 aliphatic carbocycles. The Labute approximate surface area is 94.6 Å². The second kappa shape index (κ2) is 5.69. The van der Waals surface area contributed by atoms with E-state index >= 15 is 0 Å². The van der Waals surface area contributed by atoms with Crippen molar-refractivity contribution in [3.05, 3.63) is 0 Å². The van der Waals surface area contributed by atoms with Gasteiger partial charge in [0.1, 0.15) is 0 Å². The maximum Gasteiger partial charge on any atom is 0.317 e. The molecule has 0 aromatic rings. The summed E-state index contributed by atoms with van der Waals surface area (Å²) in [7, 11) is 0. The summed E-state index contributed by atoms with van der Waals surface area (Å²) in [5, 5.41) is 11.3. The Bertz CT molecular complexity index is 270. The van der Waals surface area contributed by atoms with Gasteiger partial charge in [-0.2, -0.15) is 0 Å². The number of hydrogen-bond donors (Lipinski definition) is 2. The summed E-state index contributed by atoms with van der Waals surface area (Å²) < 4.78 is 5.21. The Kier molecular flexibility index (Phi) is 4.54. The fourth-order valence-electron chi connectivity index (χ4n) is 1.46. The first-order valence-electron chi connectivity index (χ1n) is 5.37. The Hall–Kier alpha value is -1.30. The third-order valence-electron chi connectivity index (χ3n) is 2.61. The average molecular weight is 230 g/mol. The predicted octanol–water partition coefficient (Wildman–Crippen LogP) is 0.137. The van der Waals surface area contributed by atoms with Gasteiger partial charge < -0.3 is 20.1 Å². The lowest BCUT2D eigenvalue weighted by Gasteiger charge is -2.33. The van der Waals surface area contributed by atoms with E-state index in [1.165, 1.54) is 0 Å². The maximum absolute atomic E-state index is 11.7. The minimum absolute atomic E-state index is 0.0360. The smallest absolute Gasteiger partial charge is 0.317 e. The van der Waals surface area contributed by atoms with E-state index in [1.807, 2.05) is 6.92 Å². The van der Waals surface area contributed by atoms with Gasteiger partial charge in [-0.15, -0.1) is 0 Å². The molecule has 0 radical (unpaired) electrons. The summed E-state index contributed by atoms with van der Waals surface area (Å²) in [6.45, 7) is 5.23. The van der Waals surface area contributed by atoms with Gasteiger partial charge in [-0.05, 0) is 6.92 Å². The van der Waals surface area contributed by atoms with Crippen molar-refractivity contribution in [2.75, 3.05) is 26.3 Å². The van der Waals surface area contributed by atoms with Crippen molar-refractivity contribution < 1.29 is 19.4 Å². The number of nitrogens with zero attached hydrogens (tertiary/aromatic N) is 1. The van der Waals surface area contributed by atoms with Crippen molar-refractivity contribution >= 4 is 12.0 Å². The van der Waals surface area contributed by atoms with Crippen molar-refractivity contribution in [3.8, 4) is 0 Å². The Balaban J connectivity index is 2.36. The molecular formula is C10H18N2O4. The molecule has 0 aromatic carbocycles.